The number of rotatable bonds is 4. The van der Waals surface area contributed by atoms with Gasteiger partial charge in [-0.15, -0.1) is 6.58 Å². The van der Waals surface area contributed by atoms with Crippen LogP contribution in [-0.4, -0.2) is 6.29 Å². The number of hydrogen-bond acceptors (Lipinski definition) is 1. The van der Waals surface area contributed by atoms with Crippen molar-refractivity contribution in [1.29, 1.82) is 0 Å². The summed E-state index contributed by atoms with van der Waals surface area (Å²) in [7, 11) is 0. The van der Waals surface area contributed by atoms with Crippen LogP contribution in [0.1, 0.15) is 18.4 Å². The van der Waals surface area contributed by atoms with Crippen molar-refractivity contribution in [3.8, 4) is 0 Å². The number of aldehydes is 1. The highest BCUT2D eigenvalue weighted by Crippen LogP contribution is 2.22. The Morgan fingerprint density at radius 1 is 1.31 bits per heavy atom. The summed E-state index contributed by atoms with van der Waals surface area (Å²) < 4.78 is 0. The highest BCUT2D eigenvalue weighted by molar-refractivity contribution is 5.63. The lowest BCUT2D eigenvalue weighted by molar-refractivity contribution is -0.109. The van der Waals surface area contributed by atoms with Gasteiger partial charge in [0.15, 0.2) is 0 Å². The van der Waals surface area contributed by atoms with Gasteiger partial charge in [0.2, 0.25) is 0 Å². The van der Waals surface area contributed by atoms with Crippen molar-refractivity contribution >= 4 is 6.29 Å². The van der Waals surface area contributed by atoms with Gasteiger partial charge in [-0.3, -0.25) is 0 Å². The molecule has 0 aliphatic carbocycles. The Balaban J connectivity index is 2.90. The van der Waals surface area contributed by atoms with Gasteiger partial charge in [0.05, 0.1) is 0 Å². The van der Waals surface area contributed by atoms with Crippen LogP contribution in [0.15, 0.2) is 43.0 Å². The van der Waals surface area contributed by atoms with Crippen molar-refractivity contribution < 1.29 is 4.79 Å². The summed E-state index contributed by atoms with van der Waals surface area (Å²) in [6.45, 7) is 5.70. The molecule has 0 N–H and O–H groups in total. The summed E-state index contributed by atoms with van der Waals surface area (Å²) in [6, 6.07) is 9.78. The molecule has 1 aromatic carbocycles. The number of hydrogen-bond donors (Lipinski definition) is 0. The van der Waals surface area contributed by atoms with Crippen LogP contribution in [0, 0.1) is 5.92 Å². The Morgan fingerprint density at radius 3 is 2.38 bits per heavy atom. The third kappa shape index (κ3) is 2.28. The van der Waals surface area contributed by atoms with Crippen molar-refractivity contribution in [2.75, 3.05) is 0 Å². The van der Waals surface area contributed by atoms with Gasteiger partial charge in [0, 0.05) is 5.92 Å². The lowest BCUT2D eigenvalue weighted by atomic mass is 9.89. The SMILES string of the molecule is C=C[C@H](C)[C@H](C=O)c1ccccc1. The first-order valence-corrected chi connectivity index (χ1v) is 4.42. The summed E-state index contributed by atoms with van der Waals surface area (Å²) in [4.78, 5) is 10.9. The van der Waals surface area contributed by atoms with E-state index < -0.39 is 0 Å². The number of allylic oxidation sites excluding steroid dienone is 1. The summed E-state index contributed by atoms with van der Waals surface area (Å²) >= 11 is 0. The van der Waals surface area contributed by atoms with Crippen LogP contribution in [0.3, 0.4) is 0 Å². The number of carbonyl (C=O) groups is 1. The van der Waals surface area contributed by atoms with Crippen LogP contribution in [0.25, 0.3) is 0 Å². The fourth-order valence-corrected chi connectivity index (χ4v) is 1.33. The molecule has 1 heteroatoms. The average Bonchev–Trinajstić information content (AvgIpc) is 2.20. The first-order valence-electron chi connectivity index (χ1n) is 4.42. The summed E-state index contributed by atoms with van der Waals surface area (Å²) in [5.41, 5.74) is 1.06. The smallest absolute Gasteiger partial charge is 0.128 e. The van der Waals surface area contributed by atoms with E-state index in [1.54, 1.807) is 0 Å². The zero-order chi connectivity index (χ0) is 9.68. The molecular weight excluding hydrogens is 160 g/mol. The van der Waals surface area contributed by atoms with Crippen molar-refractivity contribution in [3.63, 3.8) is 0 Å². The molecule has 1 aromatic rings. The molecule has 1 nitrogen and oxygen atoms in total. The predicted octanol–water partition coefficient (Wildman–Crippen LogP) is 2.79. The minimum atomic E-state index is -0.0568. The average molecular weight is 174 g/mol. The van der Waals surface area contributed by atoms with Gasteiger partial charge in [0.1, 0.15) is 6.29 Å². The molecule has 0 amide bonds. The molecule has 0 aliphatic rings. The molecule has 0 fully saturated rings. The maximum absolute atomic E-state index is 10.9. The summed E-state index contributed by atoms with van der Waals surface area (Å²) in [5.74, 6) is 0.138. The van der Waals surface area contributed by atoms with E-state index in [4.69, 9.17) is 0 Å². The van der Waals surface area contributed by atoms with Gasteiger partial charge < -0.3 is 4.79 Å². The van der Waals surface area contributed by atoms with Crippen molar-refractivity contribution in [1.82, 2.24) is 0 Å². The van der Waals surface area contributed by atoms with Crippen LogP contribution in [0.5, 0.6) is 0 Å². The van der Waals surface area contributed by atoms with Gasteiger partial charge in [-0.05, 0) is 11.5 Å². The molecule has 68 valence electrons. The van der Waals surface area contributed by atoms with E-state index in [1.165, 1.54) is 0 Å². The van der Waals surface area contributed by atoms with Crippen LogP contribution in [0.4, 0.5) is 0 Å². The van der Waals surface area contributed by atoms with Crippen molar-refractivity contribution in [2.45, 2.75) is 12.8 Å². The maximum Gasteiger partial charge on any atom is 0.128 e. The van der Waals surface area contributed by atoms with Gasteiger partial charge in [-0.25, -0.2) is 0 Å². The van der Waals surface area contributed by atoms with Gasteiger partial charge in [-0.1, -0.05) is 43.3 Å². The molecule has 0 saturated carbocycles. The largest absolute Gasteiger partial charge is 0.303 e. The van der Waals surface area contributed by atoms with Crippen LogP contribution in [-0.2, 0) is 4.79 Å². The van der Waals surface area contributed by atoms with Gasteiger partial charge in [0.25, 0.3) is 0 Å². The topological polar surface area (TPSA) is 17.1 Å². The summed E-state index contributed by atoms with van der Waals surface area (Å²) in [5, 5.41) is 0. The Hall–Kier alpha value is -1.37. The van der Waals surface area contributed by atoms with Crippen LogP contribution >= 0.6 is 0 Å². The third-order valence-electron chi connectivity index (χ3n) is 2.27. The van der Waals surface area contributed by atoms with E-state index in [0.29, 0.717) is 0 Å². The molecule has 0 unspecified atom stereocenters. The van der Waals surface area contributed by atoms with Crippen LogP contribution in [0.2, 0.25) is 0 Å². The molecule has 13 heavy (non-hydrogen) atoms. The first kappa shape index (κ1) is 9.72. The van der Waals surface area contributed by atoms with E-state index >= 15 is 0 Å². The Kier molecular flexibility index (Phi) is 3.44. The maximum atomic E-state index is 10.9. The number of carbonyl (C=O) groups excluding carboxylic acids is 1. The highest BCUT2D eigenvalue weighted by atomic mass is 16.1. The van der Waals surface area contributed by atoms with Crippen molar-refractivity contribution in [3.05, 3.63) is 48.6 Å². The fourth-order valence-electron chi connectivity index (χ4n) is 1.33. The quantitative estimate of drug-likeness (QED) is 0.506. The van der Waals surface area contributed by atoms with E-state index in [9.17, 15) is 4.79 Å². The number of benzene rings is 1. The van der Waals surface area contributed by atoms with E-state index in [0.717, 1.165) is 11.8 Å². The van der Waals surface area contributed by atoms with Crippen LogP contribution < -0.4 is 0 Å². The zero-order valence-electron chi connectivity index (χ0n) is 7.81. The van der Waals surface area contributed by atoms with Crippen molar-refractivity contribution in [2.24, 2.45) is 5.92 Å². The standard InChI is InChI=1S/C12H14O/c1-3-10(2)12(9-13)11-7-5-4-6-8-11/h3-10,12H,1H2,2H3/t10-,12-/m0/s1. The molecule has 0 radical (unpaired) electrons. The second-order valence-electron chi connectivity index (χ2n) is 3.17. The second-order valence-corrected chi connectivity index (χ2v) is 3.17. The van der Waals surface area contributed by atoms with E-state index in [1.807, 2.05) is 43.3 Å². The van der Waals surface area contributed by atoms with Gasteiger partial charge >= 0.3 is 0 Å². The van der Waals surface area contributed by atoms with Gasteiger partial charge in [-0.2, -0.15) is 0 Å². The van der Waals surface area contributed by atoms with E-state index in [-0.39, 0.29) is 11.8 Å². The second kappa shape index (κ2) is 4.61. The van der Waals surface area contributed by atoms with E-state index in [2.05, 4.69) is 6.58 Å². The monoisotopic (exact) mass is 174 g/mol. The molecule has 0 aliphatic heterocycles. The highest BCUT2D eigenvalue weighted by Gasteiger charge is 2.14. The fraction of sp³-hybridized carbons (Fsp3) is 0.250. The molecule has 2 atom stereocenters. The molecule has 0 aromatic heterocycles. The minimum absolute atomic E-state index is 0.0568. The Bertz CT molecular complexity index is 276. The Morgan fingerprint density at radius 2 is 1.92 bits per heavy atom. The third-order valence-corrected chi connectivity index (χ3v) is 2.27. The Labute approximate surface area is 79.1 Å². The normalized spacial score (nSPS) is 14.5. The molecule has 1 rings (SSSR count). The lowest BCUT2D eigenvalue weighted by Gasteiger charge is -2.14. The molecule has 0 saturated heterocycles. The predicted molar refractivity (Wildman–Crippen MR) is 54.6 cm³/mol. The molecule has 0 heterocycles. The molecule has 0 bridgehead atoms. The zero-order valence-corrected chi connectivity index (χ0v) is 7.81. The summed E-state index contributed by atoms with van der Waals surface area (Å²) in [6.07, 6.45) is 2.80. The lowest BCUT2D eigenvalue weighted by Crippen LogP contribution is -2.08. The minimum Gasteiger partial charge on any atom is -0.303 e. The molecule has 0 spiro atoms. The molecular formula is C12H14O. The first-order chi connectivity index (χ1) is 6.29.